The Hall–Kier alpha value is -0.870. The highest BCUT2D eigenvalue weighted by Gasteiger charge is 2.24. The third-order valence-electron chi connectivity index (χ3n) is 3.47. The van der Waals surface area contributed by atoms with E-state index in [1.807, 2.05) is 6.07 Å². The molecule has 2 N–H and O–H groups in total. The van der Waals surface area contributed by atoms with Gasteiger partial charge in [-0.15, -0.1) is 0 Å². The molecule has 1 fully saturated rings. The Morgan fingerprint density at radius 2 is 2.12 bits per heavy atom. The number of hydrogen-bond acceptors (Lipinski definition) is 4. The molecule has 5 heteroatoms. The maximum Gasteiger partial charge on any atom is 0.224 e. The maximum absolute atomic E-state index is 9.33. The van der Waals surface area contributed by atoms with Crippen molar-refractivity contribution in [1.29, 1.82) is 0 Å². The molecule has 0 saturated heterocycles. The average molecular weight is 256 g/mol. The molecule has 17 heavy (non-hydrogen) atoms. The van der Waals surface area contributed by atoms with Gasteiger partial charge in [0, 0.05) is 19.3 Å². The van der Waals surface area contributed by atoms with Crippen molar-refractivity contribution in [3.05, 3.63) is 17.5 Å². The number of nitrogens with zero attached hydrogens (tertiary/aromatic N) is 2. The normalized spacial score (nSPS) is 24.6. The van der Waals surface area contributed by atoms with E-state index < -0.39 is 0 Å². The van der Waals surface area contributed by atoms with Crippen LogP contribution in [-0.2, 0) is 0 Å². The Morgan fingerprint density at radius 1 is 1.35 bits per heavy atom. The lowest BCUT2D eigenvalue weighted by Gasteiger charge is -2.30. The molecule has 1 heterocycles. The van der Waals surface area contributed by atoms with Crippen LogP contribution in [-0.4, -0.2) is 28.2 Å². The van der Waals surface area contributed by atoms with Crippen molar-refractivity contribution >= 4 is 17.4 Å². The quantitative estimate of drug-likeness (QED) is 0.811. The maximum atomic E-state index is 9.33. The van der Waals surface area contributed by atoms with Crippen molar-refractivity contribution in [3.8, 4) is 0 Å². The summed E-state index contributed by atoms with van der Waals surface area (Å²) in [5.41, 5.74) is 0. The van der Waals surface area contributed by atoms with Crippen LogP contribution in [0.4, 0.5) is 5.82 Å². The van der Waals surface area contributed by atoms with Gasteiger partial charge in [-0.2, -0.15) is 0 Å². The fourth-order valence-electron chi connectivity index (χ4n) is 2.46. The molecule has 1 aromatic rings. The molecule has 0 spiro atoms. The molecule has 0 radical (unpaired) electrons. The Morgan fingerprint density at radius 3 is 2.82 bits per heavy atom. The number of nitrogens with one attached hydrogen (secondary N) is 1. The van der Waals surface area contributed by atoms with Crippen LogP contribution in [0.3, 0.4) is 0 Å². The van der Waals surface area contributed by atoms with Crippen molar-refractivity contribution in [2.45, 2.75) is 25.7 Å². The summed E-state index contributed by atoms with van der Waals surface area (Å²) in [6.07, 6.45) is 6.45. The van der Waals surface area contributed by atoms with E-state index in [0.717, 1.165) is 18.8 Å². The van der Waals surface area contributed by atoms with E-state index in [0.29, 0.717) is 11.8 Å². The molecule has 94 valence electrons. The molecule has 0 amide bonds. The first kappa shape index (κ1) is 12.6. The summed E-state index contributed by atoms with van der Waals surface area (Å²) < 4.78 is 0. The lowest BCUT2D eigenvalue weighted by molar-refractivity contribution is 0.141. The first-order valence-electron chi connectivity index (χ1n) is 6.13. The van der Waals surface area contributed by atoms with Crippen LogP contribution < -0.4 is 5.32 Å². The zero-order chi connectivity index (χ0) is 12.1. The molecular formula is C12H18ClN3O. The number of hydrogen-bond donors (Lipinski definition) is 2. The zero-order valence-corrected chi connectivity index (χ0v) is 10.5. The summed E-state index contributed by atoms with van der Waals surface area (Å²) in [4.78, 5) is 7.93. The highest BCUT2D eigenvalue weighted by molar-refractivity contribution is 6.28. The summed E-state index contributed by atoms with van der Waals surface area (Å²) in [5, 5.41) is 12.9. The van der Waals surface area contributed by atoms with Gasteiger partial charge in [0.15, 0.2) is 0 Å². The van der Waals surface area contributed by atoms with Crippen LogP contribution in [0.2, 0.25) is 5.28 Å². The van der Waals surface area contributed by atoms with E-state index in [4.69, 9.17) is 11.6 Å². The molecule has 0 aliphatic heterocycles. The van der Waals surface area contributed by atoms with Crippen molar-refractivity contribution in [3.63, 3.8) is 0 Å². The van der Waals surface area contributed by atoms with Crippen LogP contribution in [0.1, 0.15) is 25.7 Å². The van der Waals surface area contributed by atoms with Gasteiger partial charge in [-0.05, 0) is 42.3 Å². The first-order valence-corrected chi connectivity index (χ1v) is 6.50. The average Bonchev–Trinajstić information content (AvgIpc) is 2.37. The third kappa shape index (κ3) is 3.54. The van der Waals surface area contributed by atoms with E-state index in [2.05, 4.69) is 15.3 Å². The fraction of sp³-hybridized carbons (Fsp3) is 0.667. The molecule has 0 bridgehead atoms. The van der Waals surface area contributed by atoms with E-state index in [9.17, 15) is 5.11 Å². The minimum absolute atomic E-state index is 0.261. The van der Waals surface area contributed by atoms with Gasteiger partial charge in [0.1, 0.15) is 5.82 Å². The van der Waals surface area contributed by atoms with Gasteiger partial charge in [-0.1, -0.05) is 12.8 Å². The van der Waals surface area contributed by atoms with Crippen LogP contribution in [0, 0.1) is 11.8 Å². The molecule has 1 saturated carbocycles. The molecular weight excluding hydrogens is 238 g/mol. The zero-order valence-electron chi connectivity index (χ0n) is 9.77. The highest BCUT2D eigenvalue weighted by Crippen LogP contribution is 2.29. The van der Waals surface area contributed by atoms with E-state index in [-0.39, 0.29) is 11.9 Å². The number of aliphatic hydroxyl groups excluding tert-OH is 1. The smallest absolute Gasteiger partial charge is 0.224 e. The summed E-state index contributed by atoms with van der Waals surface area (Å²) >= 11 is 5.72. The number of aromatic nitrogens is 2. The SMILES string of the molecule is OCC1CCCCC1CNc1ccnc(Cl)n1. The number of halogens is 1. The van der Waals surface area contributed by atoms with Gasteiger partial charge in [-0.3, -0.25) is 0 Å². The Labute approximate surface area is 106 Å². The third-order valence-corrected chi connectivity index (χ3v) is 3.65. The summed E-state index contributed by atoms with van der Waals surface area (Å²) in [7, 11) is 0. The second-order valence-corrected chi connectivity index (χ2v) is 4.92. The van der Waals surface area contributed by atoms with Crippen LogP contribution in [0.15, 0.2) is 12.3 Å². The molecule has 2 atom stereocenters. The largest absolute Gasteiger partial charge is 0.396 e. The lowest BCUT2D eigenvalue weighted by Crippen LogP contribution is -2.28. The minimum atomic E-state index is 0.261. The van der Waals surface area contributed by atoms with E-state index in [1.54, 1.807) is 6.20 Å². The molecule has 2 rings (SSSR count). The molecule has 1 aromatic heterocycles. The van der Waals surface area contributed by atoms with E-state index >= 15 is 0 Å². The second-order valence-electron chi connectivity index (χ2n) is 4.58. The van der Waals surface area contributed by atoms with Gasteiger partial charge in [0.05, 0.1) is 0 Å². The molecule has 2 unspecified atom stereocenters. The summed E-state index contributed by atoms with van der Waals surface area (Å²) in [6.45, 7) is 1.13. The Balaban J connectivity index is 1.88. The van der Waals surface area contributed by atoms with Crippen molar-refractivity contribution < 1.29 is 5.11 Å². The van der Waals surface area contributed by atoms with Gasteiger partial charge >= 0.3 is 0 Å². The van der Waals surface area contributed by atoms with Crippen LogP contribution >= 0.6 is 11.6 Å². The van der Waals surface area contributed by atoms with Crippen molar-refractivity contribution in [1.82, 2.24) is 9.97 Å². The van der Waals surface area contributed by atoms with E-state index in [1.165, 1.54) is 19.3 Å². The van der Waals surface area contributed by atoms with Crippen molar-refractivity contribution in [2.24, 2.45) is 11.8 Å². The monoisotopic (exact) mass is 255 g/mol. The topological polar surface area (TPSA) is 58.0 Å². The number of aliphatic hydroxyl groups is 1. The van der Waals surface area contributed by atoms with Gasteiger partial charge in [0.25, 0.3) is 0 Å². The Kier molecular flexibility index (Phi) is 4.57. The lowest BCUT2D eigenvalue weighted by atomic mass is 9.79. The molecule has 0 aromatic carbocycles. The second kappa shape index (κ2) is 6.17. The van der Waals surface area contributed by atoms with Gasteiger partial charge < -0.3 is 10.4 Å². The van der Waals surface area contributed by atoms with Crippen molar-refractivity contribution in [2.75, 3.05) is 18.5 Å². The van der Waals surface area contributed by atoms with Crippen LogP contribution in [0.25, 0.3) is 0 Å². The highest BCUT2D eigenvalue weighted by atomic mass is 35.5. The van der Waals surface area contributed by atoms with Crippen LogP contribution in [0.5, 0.6) is 0 Å². The van der Waals surface area contributed by atoms with Gasteiger partial charge in [-0.25, -0.2) is 9.97 Å². The standard InChI is InChI=1S/C12H18ClN3O/c13-12-14-6-5-11(16-12)15-7-9-3-1-2-4-10(9)8-17/h5-6,9-10,17H,1-4,7-8H2,(H,14,15,16). The Bertz CT molecular complexity index is 361. The first-order chi connectivity index (χ1) is 8.29. The van der Waals surface area contributed by atoms with Gasteiger partial charge in [0.2, 0.25) is 5.28 Å². The fourth-order valence-corrected chi connectivity index (χ4v) is 2.61. The molecule has 4 nitrogen and oxygen atoms in total. The predicted molar refractivity (Wildman–Crippen MR) is 68.1 cm³/mol. The number of rotatable bonds is 4. The molecule has 1 aliphatic rings. The predicted octanol–water partition coefficient (Wildman–Crippen LogP) is 2.34. The minimum Gasteiger partial charge on any atom is -0.396 e. The summed E-state index contributed by atoms with van der Waals surface area (Å²) in [6, 6.07) is 1.81. The number of anilines is 1. The summed E-state index contributed by atoms with van der Waals surface area (Å²) in [5.74, 6) is 1.71. The molecule has 1 aliphatic carbocycles.